The first-order valence-corrected chi connectivity index (χ1v) is 9.58. The van der Waals surface area contributed by atoms with Gasteiger partial charge in [-0.05, 0) is 61.0 Å². The fourth-order valence-electron chi connectivity index (χ4n) is 2.86. The average Bonchev–Trinajstić information content (AvgIpc) is 3.18. The van der Waals surface area contributed by atoms with Gasteiger partial charge in [-0.1, -0.05) is 13.3 Å². The van der Waals surface area contributed by atoms with Crippen molar-refractivity contribution in [3.05, 3.63) is 72.6 Å². The minimum atomic E-state index is -0.192. The van der Waals surface area contributed by atoms with E-state index in [9.17, 15) is 4.79 Å². The van der Waals surface area contributed by atoms with E-state index in [1.165, 1.54) is 0 Å². The van der Waals surface area contributed by atoms with Gasteiger partial charge < -0.3 is 14.5 Å². The fraction of sp³-hybridized carbons (Fsp3) is 0.174. The van der Waals surface area contributed by atoms with E-state index in [0.29, 0.717) is 34.8 Å². The van der Waals surface area contributed by atoms with Gasteiger partial charge in [0.25, 0.3) is 5.91 Å². The zero-order valence-corrected chi connectivity index (χ0v) is 16.1. The Kier molecular flexibility index (Phi) is 5.52. The molecule has 0 saturated carbocycles. The molecule has 6 nitrogen and oxygen atoms in total. The van der Waals surface area contributed by atoms with Gasteiger partial charge in [-0.15, -0.1) is 0 Å². The van der Waals surface area contributed by atoms with Crippen molar-refractivity contribution in [1.82, 2.24) is 9.97 Å². The minimum Gasteiger partial charge on any atom is -0.494 e. The summed E-state index contributed by atoms with van der Waals surface area (Å²) in [7, 11) is 0. The highest BCUT2D eigenvalue weighted by atomic mass is 16.5. The highest BCUT2D eigenvalue weighted by molar-refractivity contribution is 6.05. The van der Waals surface area contributed by atoms with Crippen LogP contribution in [-0.4, -0.2) is 22.5 Å². The summed E-state index contributed by atoms with van der Waals surface area (Å²) < 4.78 is 11.4. The number of ether oxygens (including phenoxy) is 1. The molecule has 4 rings (SSSR count). The standard InChI is InChI=1S/C23H21N3O3/c1-2-3-14-28-19-7-4-16(5-8-19)22(27)25-18-6-9-21-20(15-18)26-23(29-21)17-10-12-24-13-11-17/h4-13,15H,2-3,14H2,1H3,(H,25,27). The Labute approximate surface area is 168 Å². The number of fused-ring (bicyclic) bond motifs is 1. The Balaban J connectivity index is 1.46. The number of aromatic nitrogens is 2. The average molecular weight is 387 g/mol. The maximum atomic E-state index is 12.5. The maximum Gasteiger partial charge on any atom is 0.255 e. The molecule has 0 atom stereocenters. The first kappa shape index (κ1) is 18.7. The number of hydrogen-bond acceptors (Lipinski definition) is 5. The molecule has 1 N–H and O–H groups in total. The zero-order chi connectivity index (χ0) is 20.1. The molecule has 0 aliphatic heterocycles. The number of amides is 1. The molecule has 0 aliphatic rings. The van der Waals surface area contributed by atoms with Crippen LogP contribution < -0.4 is 10.1 Å². The second kappa shape index (κ2) is 8.56. The Morgan fingerprint density at radius 1 is 1.07 bits per heavy atom. The van der Waals surface area contributed by atoms with Crippen molar-refractivity contribution in [1.29, 1.82) is 0 Å². The second-order valence-corrected chi connectivity index (χ2v) is 6.62. The van der Waals surface area contributed by atoms with Crippen molar-refractivity contribution in [3.8, 4) is 17.2 Å². The number of carbonyl (C=O) groups is 1. The molecule has 0 saturated heterocycles. The van der Waals surface area contributed by atoms with Gasteiger partial charge in [0.05, 0.1) is 6.61 Å². The van der Waals surface area contributed by atoms with E-state index < -0.39 is 0 Å². The van der Waals surface area contributed by atoms with Crippen molar-refractivity contribution in [2.45, 2.75) is 19.8 Å². The number of unbranched alkanes of at least 4 members (excludes halogenated alkanes) is 1. The number of anilines is 1. The Morgan fingerprint density at radius 3 is 2.62 bits per heavy atom. The van der Waals surface area contributed by atoms with Crippen molar-refractivity contribution in [2.24, 2.45) is 0 Å². The lowest BCUT2D eigenvalue weighted by Gasteiger charge is -2.07. The lowest BCUT2D eigenvalue weighted by molar-refractivity contribution is 0.102. The number of pyridine rings is 1. The summed E-state index contributed by atoms with van der Waals surface area (Å²) in [6.07, 6.45) is 5.47. The van der Waals surface area contributed by atoms with Crippen molar-refractivity contribution < 1.29 is 13.9 Å². The van der Waals surface area contributed by atoms with Gasteiger partial charge in [-0.2, -0.15) is 0 Å². The number of benzene rings is 2. The summed E-state index contributed by atoms with van der Waals surface area (Å²) in [5.74, 6) is 1.09. The molecule has 2 aromatic heterocycles. The first-order valence-electron chi connectivity index (χ1n) is 9.58. The lowest BCUT2D eigenvalue weighted by atomic mass is 10.2. The van der Waals surface area contributed by atoms with Crippen LogP contribution in [0.1, 0.15) is 30.1 Å². The summed E-state index contributed by atoms with van der Waals surface area (Å²) in [4.78, 5) is 21.1. The van der Waals surface area contributed by atoms with E-state index in [2.05, 4.69) is 22.2 Å². The summed E-state index contributed by atoms with van der Waals surface area (Å²) >= 11 is 0. The summed E-state index contributed by atoms with van der Waals surface area (Å²) in [6.45, 7) is 2.80. The van der Waals surface area contributed by atoms with Crippen LogP contribution in [0.15, 0.2) is 71.4 Å². The van der Waals surface area contributed by atoms with Gasteiger partial charge in [0.2, 0.25) is 5.89 Å². The van der Waals surface area contributed by atoms with E-state index in [1.807, 2.05) is 24.3 Å². The SMILES string of the molecule is CCCCOc1ccc(C(=O)Nc2ccc3oc(-c4ccncc4)nc3c2)cc1. The van der Waals surface area contributed by atoms with Gasteiger partial charge in [-0.3, -0.25) is 9.78 Å². The van der Waals surface area contributed by atoms with Crippen LogP contribution in [0.2, 0.25) is 0 Å². The van der Waals surface area contributed by atoms with Crippen molar-refractivity contribution in [2.75, 3.05) is 11.9 Å². The van der Waals surface area contributed by atoms with E-state index in [1.54, 1.807) is 42.7 Å². The van der Waals surface area contributed by atoms with E-state index >= 15 is 0 Å². The molecular formula is C23H21N3O3. The summed E-state index contributed by atoms with van der Waals surface area (Å²) in [5.41, 5.74) is 3.40. The maximum absolute atomic E-state index is 12.5. The van der Waals surface area contributed by atoms with Crippen LogP contribution in [0.25, 0.3) is 22.6 Å². The lowest BCUT2D eigenvalue weighted by Crippen LogP contribution is -2.11. The smallest absolute Gasteiger partial charge is 0.255 e. The van der Waals surface area contributed by atoms with Crippen LogP contribution in [0.3, 0.4) is 0 Å². The quantitative estimate of drug-likeness (QED) is 0.434. The normalized spacial score (nSPS) is 10.8. The molecule has 0 spiro atoms. The molecule has 29 heavy (non-hydrogen) atoms. The number of nitrogens with zero attached hydrogens (tertiary/aromatic N) is 2. The molecule has 146 valence electrons. The molecule has 1 amide bonds. The molecule has 4 aromatic rings. The van der Waals surface area contributed by atoms with E-state index in [-0.39, 0.29) is 5.91 Å². The molecule has 0 radical (unpaired) electrons. The summed E-state index contributed by atoms with van der Waals surface area (Å²) in [6, 6.07) is 16.2. The number of oxazole rings is 1. The topological polar surface area (TPSA) is 77.2 Å². The largest absolute Gasteiger partial charge is 0.494 e. The molecule has 0 bridgehead atoms. The Hall–Kier alpha value is -3.67. The third kappa shape index (κ3) is 4.43. The van der Waals surface area contributed by atoms with E-state index in [0.717, 1.165) is 24.2 Å². The van der Waals surface area contributed by atoms with Crippen molar-refractivity contribution >= 4 is 22.7 Å². The van der Waals surface area contributed by atoms with Gasteiger partial charge in [-0.25, -0.2) is 4.98 Å². The van der Waals surface area contributed by atoms with Gasteiger partial charge in [0, 0.05) is 29.2 Å². The second-order valence-electron chi connectivity index (χ2n) is 6.62. The third-order valence-electron chi connectivity index (χ3n) is 4.46. The molecule has 0 fully saturated rings. The van der Waals surface area contributed by atoms with Crippen LogP contribution in [0.5, 0.6) is 5.75 Å². The summed E-state index contributed by atoms with van der Waals surface area (Å²) in [5, 5.41) is 2.90. The monoisotopic (exact) mass is 387 g/mol. The van der Waals surface area contributed by atoms with Crippen LogP contribution in [-0.2, 0) is 0 Å². The molecule has 6 heteroatoms. The zero-order valence-electron chi connectivity index (χ0n) is 16.1. The van der Waals surface area contributed by atoms with Crippen LogP contribution >= 0.6 is 0 Å². The van der Waals surface area contributed by atoms with Gasteiger partial charge in [0.1, 0.15) is 11.3 Å². The molecule has 0 aliphatic carbocycles. The number of rotatable bonds is 7. The predicted octanol–water partition coefficient (Wildman–Crippen LogP) is 5.32. The van der Waals surface area contributed by atoms with Crippen LogP contribution in [0, 0.1) is 0 Å². The van der Waals surface area contributed by atoms with E-state index in [4.69, 9.17) is 9.15 Å². The Bertz CT molecular complexity index is 1110. The number of carbonyl (C=O) groups excluding carboxylic acids is 1. The predicted molar refractivity (Wildman–Crippen MR) is 112 cm³/mol. The third-order valence-corrected chi connectivity index (χ3v) is 4.46. The fourth-order valence-corrected chi connectivity index (χ4v) is 2.86. The first-order chi connectivity index (χ1) is 14.2. The van der Waals surface area contributed by atoms with Crippen molar-refractivity contribution in [3.63, 3.8) is 0 Å². The molecule has 0 unspecified atom stereocenters. The van der Waals surface area contributed by atoms with Crippen LogP contribution in [0.4, 0.5) is 5.69 Å². The van der Waals surface area contributed by atoms with Gasteiger partial charge in [0.15, 0.2) is 5.58 Å². The number of nitrogens with one attached hydrogen (secondary N) is 1. The highest BCUT2D eigenvalue weighted by Crippen LogP contribution is 2.26. The molecule has 2 aromatic carbocycles. The highest BCUT2D eigenvalue weighted by Gasteiger charge is 2.11. The minimum absolute atomic E-state index is 0.192. The molecule has 2 heterocycles. The van der Waals surface area contributed by atoms with Gasteiger partial charge >= 0.3 is 0 Å². The molecular weight excluding hydrogens is 366 g/mol. The Morgan fingerprint density at radius 2 is 1.86 bits per heavy atom. The number of hydrogen-bond donors (Lipinski definition) is 1.